The van der Waals surface area contributed by atoms with E-state index < -0.39 is 21.3 Å². The highest BCUT2D eigenvalue weighted by molar-refractivity contribution is 7.98. The lowest BCUT2D eigenvalue weighted by molar-refractivity contribution is -0.119. The van der Waals surface area contributed by atoms with Crippen LogP contribution in [0.25, 0.3) is 0 Å². The lowest BCUT2D eigenvalue weighted by Crippen LogP contribution is -2.45. The minimum Gasteiger partial charge on any atom is -0.326 e. The van der Waals surface area contributed by atoms with Gasteiger partial charge in [0.1, 0.15) is 0 Å². The molecule has 0 spiro atoms. The Labute approximate surface area is 167 Å². The molecule has 0 radical (unpaired) electrons. The van der Waals surface area contributed by atoms with Gasteiger partial charge in [0.05, 0.1) is 5.92 Å². The standard InChI is InChI=1S/C17H19ClN4O3S2/c1-26-14-8-6-12(7-9-14)20-16(23)15-10-19-21-17(15)27(24,25)22-13-4-2-11(18)3-5-13/h2-9,15,17,19,21-22H,10H2,1H3,(H,20,23). The monoisotopic (exact) mass is 426 g/mol. The predicted molar refractivity (Wildman–Crippen MR) is 109 cm³/mol. The number of hydrogen-bond donors (Lipinski definition) is 4. The number of amides is 1. The minimum absolute atomic E-state index is 0.195. The first-order chi connectivity index (χ1) is 12.9. The number of thioether (sulfide) groups is 1. The van der Waals surface area contributed by atoms with E-state index in [0.717, 1.165) is 4.90 Å². The molecule has 0 aliphatic carbocycles. The second-order valence-corrected chi connectivity index (χ2v) is 9.04. The van der Waals surface area contributed by atoms with Crippen molar-refractivity contribution in [2.24, 2.45) is 5.92 Å². The molecule has 10 heteroatoms. The van der Waals surface area contributed by atoms with Crippen LogP contribution in [0, 0.1) is 5.92 Å². The molecular weight excluding hydrogens is 408 g/mol. The van der Waals surface area contributed by atoms with Crippen LogP contribution in [0.4, 0.5) is 11.4 Å². The van der Waals surface area contributed by atoms with Crippen LogP contribution in [0.1, 0.15) is 0 Å². The summed E-state index contributed by atoms with van der Waals surface area (Å²) in [7, 11) is -3.85. The highest BCUT2D eigenvalue weighted by Gasteiger charge is 2.41. The van der Waals surface area contributed by atoms with Crippen LogP contribution in [0.2, 0.25) is 5.02 Å². The molecule has 2 atom stereocenters. The zero-order valence-electron chi connectivity index (χ0n) is 14.4. The third-order valence-electron chi connectivity index (χ3n) is 4.06. The molecule has 1 aliphatic heterocycles. The molecule has 3 rings (SSSR count). The summed E-state index contributed by atoms with van der Waals surface area (Å²) in [4.78, 5) is 13.7. The molecule has 2 aromatic carbocycles. The van der Waals surface area contributed by atoms with E-state index in [0.29, 0.717) is 16.4 Å². The van der Waals surface area contributed by atoms with Crippen molar-refractivity contribution in [2.45, 2.75) is 10.3 Å². The lowest BCUT2D eigenvalue weighted by atomic mass is 10.1. The molecule has 2 unspecified atom stereocenters. The smallest absolute Gasteiger partial charge is 0.250 e. The average molecular weight is 427 g/mol. The van der Waals surface area contributed by atoms with Gasteiger partial charge >= 0.3 is 0 Å². The number of carbonyl (C=O) groups excluding carboxylic acids is 1. The summed E-state index contributed by atoms with van der Waals surface area (Å²) in [6.45, 7) is 0.195. The Bertz CT molecular complexity index is 905. The maximum absolute atomic E-state index is 12.7. The maximum atomic E-state index is 12.7. The fourth-order valence-corrected chi connectivity index (χ4v) is 4.67. The first kappa shape index (κ1) is 20.0. The topological polar surface area (TPSA) is 99.3 Å². The van der Waals surface area contributed by atoms with Crippen LogP contribution >= 0.6 is 23.4 Å². The Balaban J connectivity index is 1.71. The molecule has 0 bridgehead atoms. The zero-order valence-corrected chi connectivity index (χ0v) is 16.8. The van der Waals surface area contributed by atoms with Crippen molar-refractivity contribution in [1.29, 1.82) is 0 Å². The van der Waals surface area contributed by atoms with E-state index in [9.17, 15) is 13.2 Å². The summed E-state index contributed by atoms with van der Waals surface area (Å²) in [5, 5.41) is 2.16. The van der Waals surface area contributed by atoms with E-state index in [1.54, 1.807) is 48.2 Å². The van der Waals surface area contributed by atoms with E-state index in [1.807, 2.05) is 18.4 Å². The van der Waals surface area contributed by atoms with Crippen molar-refractivity contribution >= 4 is 50.7 Å². The van der Waals surface area contributed by atoms with Crippen LogP contribution in [0.5, 0.6) is 0 Å². The van der Waals surface area contributed by atoms with E-state index in [-0.39, 0.29) is 12.5 Å². The number of carbonyl (C=O) groups is 1. The van der Waals surface area contributed by atoms with Crippen molar-refractivity contribution in [2.75, 3.05) is 22.8 Å². The van der Waals surface area contributed by atoms with Crippen molar-refractivity contribution < 1.29 is 13.2 Å². The Morgan fingerprint density at radius 3 is 2.37 bits per heavy atom. The van der Waals surface area contributed by atoms with Gasteiger partial charge in [-0.1, -0.05) is 11.6 Å². The Morgan fingerprint density at radius 2 is 1.74 bits per heavy atom. The van der Waals surface area contributed by atoms with Crippen LogP contribution in [-0.4, -0.2) is 32.5 Å². The van der Waals surface area contributed by atoms with Crippen LogP contribution in [0.3, 0.4) is 0 Å². The van der Waals surface area contributed by atoms with E-state index >= 15 is 0 Å². The lowest BCUT2D eigenvalue weighted by Gasteiger charge is -2.19. The number of rotatable bonds is 6. The van der Waals surface area contributed by atoms with E-state index in [2.05, 4.69) is 20.9 Å². The number of hydrogen-bond acceptors (Lipinski definition) is 6. The first-order valence-electron chi connectivity index (χ1n) is 8.09. The van der Waals surface area contributed by atoms with Gasteiger partial charge in [-0.15, -0.1) is 11.8 Å². The zero-order chi connectivity index (χ0) is 19.4. The summed E-state index contributed by atoms with van der Waals surface area (Å²) < 4.78 is 27.9. The maximum Gasteiger partial charge on any atom is 0.250 e. The van der Waals surface area contributed by atoms with Gasteiger partial charge in [-0.05, 0) is 54.8 Å². The number of halogens is 1. The molecular formula is C17H19ClN4O3S2. The number of nitrogens with one attached hydrogen (secondary N) is 4. The fraction of sp³-hybridized carbons (Fsp3) is 0.235. The Hall–Kier alpha value is -1.78. The van der Waals surface area contributed by atoms with Gasteiger partial charge in [0.25, 0.3) is 10.0 Å². The molecule has 2 aromatic rings. The van der Waals surface area contributed by atoms with Gasteiger partial charge in [0.15, 0.2) is 5.37 Å². The van der Waals surface area contributed by atoms with Crippen molar-refractivity contribution in [3.8, 4) is 0 Å². The van der Waals surface area contributed by atoms with E-state index in [1.165, 1.54) is 0 Å². The van der Waals surface area contributed by atoms with Crippen LogP contribution in [0.15, 0.2) is 53.4 Å². The van der Waals surface area contributed by atoms with Crippen molar-refractivity contribution in [3.05, 3.63) is 53.6 Å². The van der Waals surface area contributed by atoms with Gasteiger partial charge in [-0.2, -0.15) is 0 Å². The summed E-state index contributed by atoms with van der Waals surface area (Å²) in [6.07, 6.45) is 1.96. The van der Waals surface area contributed by atoms with Gasteiger partial charge in [-0.3, -0.25) is 14.9 Å². The molecule has 27 heavy (non-hydrogen) atoms. The molecule has 4 N–H and O–H groups in total. The van der Waals surface area contributed by atoms with Crippen molar-refractivity contribution in [1.82, 2.24) is 10.9 Å². The number of hydrazine groups is 1. The Kier molecular flexibility index (Phi) is 6.28. The molecule has 0 aromatic heterocycles. The fourth-order valence-electron chi connectivity index (χ4n) is 2.66. The molecule has 0 saturated carbocycles. The SMILES string of the molecule is CSc1ccc(NC(=O)C2CNNC2S(=O)(=O)Nc2ccc(Cl)cc2)cc1. The quantitative estimate of drug-likeness (QED) is 0.530. The second-order valence-electron chi connectivity index (χ2n) is 5.92. The summed E-state index contributed by atoms with van der Waals surface area (Å²) >= 11 is 7.42. The summed E-state index contributed by atoms with van der Waals surface area (Å²) in [5.41, 5.74) is 6.42. The third-order valence-corrected chi connectivity index (χ3v) is 6.70. The average Bonchev–Trinajstić information content (AvgIpc) is 3.15. The van der Waals surface area contributed by atoms with Gasteiger partial charge in [0.2, 0.25) is 5.91 Å². The van der Waals surface area contributed by atoms with Gasteiger partial charge < -0.3 is 5.32 Å². The largest absolute Gasteiger partial charge is 0.326 e. The van der Waals surface area contributed by atoms with Gasteiger partial charge in [0, 0.05) is 27.8 Å². The molecule has 1 saturated heterocycles. The molecule has 1 fully saturated rings. The van der Waals surface area contributed by atoms with Crippen LogP contribution in [-0.2, 0) is 14.8 Å². The second kappa shape index (κ2) is 8.49. The third kappa shape index (κ3) is 4.94. The molecule has 144 valence electrons. The van der Waals surface area contributed by atoms with Crippen molar-refractivity contribution in [3.63, 3.8) is 0 Å². The number of sulfonamides is 1. The predicted octanol–water partition coefficient (Wildman–Crippen LogP) is 2.49. The highest BCUT2D eigenvalue weighted by atomic mass is 35.5. The minimum atomic E-state index is -3.85. The summed E-state index contributed by atoms with van der Waals surface area (Å²) in [6, 6.07) is 13.6. The molecule has 1 aliphatic rings. The highest BCUT2D eigenvalue weighted by Crippen LogP contribution is 2.22. The summed E-state index contributed by atoms with van der Waals surface area (Å²) in [5.74, 6) is -1.18. The van der Waals surface area contributed by atoms with Crippen LogP contribution < -0.4 is 20.9 Å². The Morgan fingerprint density at radius 1 is 1.11 bits per heavy atom. The van der Waals surface area contributed by atoms with Gasteiger partial charge in [-0.25, -0.2) is 13.8 Å². The molecule has 7 nitrogen and oxygen atoms in total. The first-order valence-corrected chi connectivity index (χ1v) is 11.2. The molecule has 1 heterocycles. The number of benzene rings is 2. The normalized spacial score (nSPS) is 19.6. The number of anilines is 2. The molecule has 1 amide bonds. The van der Waals surface area contributed by atoms with E-state index in [4.69, 9.17) is 11.6 Å².